The van der Waals surface area contributed by atoms with E-state index in [1.807, 2.05) is 0 Å². The van der Waals surface area contributed by atoms with E-state index in [-0.39, 0.29) is 24.2 Å². The average molecular weight is 336 g/mol. The molecule has 0 saturated heterocycles. The predicted molar refractivity (Wildman–Crippen MR) is 87.2 cm³/mol. The minimum Gasteiger partial charge on any atom is -0.460 e. The number of ether oxygens (including phenoxy) is 1. The van der Waals surface area contributed by atoms with Crippen LogP contribution >= 0.6 is 0 Å². The van der Waals surface area contributed by atoms with Crippen molar-refractivity contribution >= 4 is 6.03 Å². The molecular weight excluding hydrogens is 311 g/mol. The minimum absolute atomic E-state index is 0.0231. The zero-order valence-corrected chi connectivity index (χ0v) is 13.8. The lowest BCUT2D eigenvalue weighted by molar-refractivity contribution is 0.128. The van der Waals surface area contributed by atoms with Gasteiger partial charge in [-0.2, -0.15) is 0 Å². The van der Waals surface area contributed by atoms with Gasteiger partial charge in [0.05, 0.1) is 12.4 Å². The fraction of sp³-hybridized carbons (Fsp3) is 0.706. The van der Waals surface area contributed by atoms with Crippen LogP contribution in [0.15, 0.2) is 12.4 Å². The lowest BCUT2D eigenvalue weighted by Gasteiger charge is -2.30. The molecule has 1 heterocycles. The number of nitrogens with zero attached hydrogens (tertiary/aromatic N) is 2. The molecule has 2 aliphatic carbocycles. The number of hydrogen-bond donors (Lipinski definition) is 2. The lowest BCUT2D eigenvalue weighted by atomic mass is 9.93. The van der Waals surface area contributed by atoms with Gasteiger partial charge in [0.15, 0.2) is 5.82 Å². The van der Waals surface area contributed by atoms with Crippen LogP contribution in [0.25, 0.3) is 0 Å². The molecule has 3 rings (SSSR count). The van der Waals surface area contributed by atoms with Crippen LogP contribution in [0.2, 0.25) is 0 Å². The number of amides is 2. The predicted octanol–water partition coefficient (Wildman–Crippen LogP) is 2.94. The van der Waals surface area contributed by atoms with Gasteiger partial charge in [-0.1, -0.05) is 19.3 Å². The summed E-state index contributed by atoms with van der Waals surface area (Å²) in [6.45, 7) is 0. The summed E-state index contributed by atoms with van der Waals surface area (Å²) in [5.41, 5.74) is 0. The van der Waals surface area contributed by atoms with Crippen LogP contribution in [0, 0.1) is 5.82 Å². The molecule has 6 nitrogen and oxygen atoms in total. The summed E-state index contributed by atoms with van der Waals surface area (Å²) in [5.74, 6) is -0.473. The second kappa shape index (κ2) is 8.26. The highest BCUT2D eigenvalue weighted by molar-refractivity contribution is 5.74. The van der Waals surface area contributed by atoms with Crippen molar-refractivity contribution in [3.05, 3.63) is 18.2 Å². The van der Waals surface area contributed by atoms with E-state index in [9.17, 15) is 9.18 Å². The molecule has 2 amide bonds. The molecule has 7 heteroatoms. The van der Waals surface area contributed by atoms with Gasteiger partial charge in [-0.05, 0) is 38.5 Å². The molecule has 0 spiro atoms. The zero-order valence-electron chi connectivity index (χ0n) is 13.8. The largest absolute Gasteiger partial charge is 0.460 e. The Morgan fingerprint density at radius 1 is 0.958 bits per heavy atom. The van der Waals surface area contributed by atoms with Crippen molar-refractivity contribution in [3.63, 3.8) is 0 Å². The van der Waals surface area contributed by atoms with Gasteiger partial charge in [-0.3, -0.25) is 0 Å². The smallest absolute Gasteiger partial charge is 0.316 e. The monoisotopic (exact) mass is 336 g/mol. The van der Waals surface area contributed by atoms with Gasteiger partial charge in [-0.25, -0.2) is 19.2 Å². The van der Waals surface area contributed by atoms with Gasteiger partial charge in [0.2, 0.25) is 0 Å². The van der Waals surface area contributed by atoms with Crippen molar-refractivity contribution in [2.24, 2.45) is 0 Å². The van der Waals surface area contributed by atoms with Crippen molar-refractivity contribution in [1.29, 1.82) is 0 Å². The van der Waals surface area contributed by atoms with E-state index in [1.54, 1.807) is 0 Å². The molecule has 2 fully saturated rings. The van der Waals surface area contributed by atoms with Gasteiger partial charge >= 0.3 is 12.0 Å². The van der Waals surface area contributed by atoms with Crippen LogP contribution in [-0.4, -0.2) is 34.2 Å². The van der Waals surface area contributed by atoms with Crippen LogP contribution in [-0.2, 0) is 0 Å². The second-order valence-corrected chi connectivity index (χ2v) is 6.73. The summed E-state index contributed by atoms with van der Waals surface area (Å²) < 4.78 is 18.4. The van der Waals surface area contributed by atoms with Crippen LogP contribution in [0.1, 0.15) is 57.8 Å². The molecule has 1 aromatic heterocycles. The molecule has 0 bridgehead atoms. The van der Waals surface area contributed by atoms with Crippen molar-refractivity contribution < 1.29 is 13.9 Å². The summed E-state index contributed by atoms with van der Waals surface area (Å²) >= 11 is 0. The second-order valence-electron chi connectivity index (χ2n) is 6.73. The Kier molecular flexibility index (Phi) is 5.82. The number of halogens is 1. The Hall–Kier alpha value is -1.92. The Balaban J connectivity index is 1.37. The first-order chi connectivity index (χ1) is 11.7. The van der Waals surface area contributed by atoms with Crippen LogP contribution in [0.4, 0.5) is 9.18 Å². The maximum atomic E-state index is 12.8. The third kappa shape index (κ3) is 5.04. The van der Waals surface area contributed by atoms with Crippen LogP contribution < -0.4 is 15.4 Å². The van der Waals surface area contributed by atoms with Gasteiger partial charge in [0.1, 0.15) is 6.10 Å². The molecule has 0 unspecified atom stereocenters. The van der Waals surface area contributed by atoms with E-state index in [0.29, 0.717) is 6.04 Å². The maximum Gasteiger partial charge on any atom is 0.316 e. The SMILES string of the molecule is O=C(NC1CCCCC1)NC1CCC(Oc2ncc(F)cn2)CC1. The molecule has 132 valence electrons. The third-order valence-electron chi connectivity index (χ3n) is 4.82. The van der Waals surface area contributed by atoms with E-state index < -0.39 is 5.82 Å². The molecule has 0 aliphatic heterocycles. The van der Waals surface area contributed by atoms with Gasteiger partial charge < -0.3 is 15.4 Å². The van der Waals surface area contributed by atoms with Crippen molar-refractivity contribution in [2.45, 2.75) is 76.0 Å². The molecule has 24 heavy (non-hydrogen) atoms. The lowest BCUT2D eigenvalue weighted by Crippen LogP contribution is -2.48. The topological polar surface area (TPSA) is 76.1 Å². The van der Waals surface area contributed by atoms with Gasteiger partial charge in [0, 0.05) is 12.1 Å². The number of nitrogens with one attached hydrogen (secondary N) is 2. The molecule has 2 aliphatic rings. The van der Waals surface area contributed by atoms with E-state index in [0.717, 1.165) is 50.9 Å². The number of carbonyl (C=O) groups is 1. The Morgan fingerprint density at radius 3 is 2.17 bits per heavy atom. The van der Waals surface area contributed by atoms with Crippen LogP contribution in [0.5, 0.6) is 6.01 Å². The van der Waals surface area contributed by atoms with E-state index in [1.165, 1.54) is 19.3 Å². The number of carbonyl (C=O) groups excluding carboxylic acids is 1. The normalized spacial score (nSPS) is 25.0. The van der Waals surface area contributed by atoms with Crippen molar-refractivity contribution in [1.82, 2.24) is 20.6 Å². The van der Waals surface area contributed by atoms with Crippen molar-refractivity contribution in [2.75, 3.05) is 0 Å². The molecule has 2 saturated carbocycles. The van der Waals surface area contributed by atoms with Crippen LogP contribution in [0.3, 0.4) is 0 Å². The van der Waals surface area contributed by atoms with E-state index in [2.05, 4.69) is 20.6 Å². The quantitative estimate of drug-likeness (QED) is 0.886. The Bertz CT molecular complexity index is 526. The maximum absolute atomic E-state index is 12.8. The number of aromatic nitrogens is 2. The molecular formula is C17H25FN4O2. The molecule has 1 aromatic rings. The first-order valence-electron chi connectivity index (χ1n) is 8.90. The third-order valence-corrected chi connectivity index (χ3v) is 4.82. The summed E-state index contributed by atoms with van der Waals surface area (Å²) in [6, 6.07) is 0.674. The van der Waals surface area contributed by atoms with Gasteiger partial charge in [-0.15, -0.1) is 0 Å². The van der Waals surface area contributed by atoms with E-state index in [4.69, 9.17) is 4.74 Å². The highest BCUT2D eigenvalue weighted by Crippen LogP contribution is 2.22. The standard InChI is InChI=1S/C17H25FN4O2/c18-12-10-19-17(20-11-12)24-15-8-6-14(7-9-15)22-16(23)21-13-4-2-1-3-5-13/h10-11,13-15H,1-9H2,(H2,21,22,23). The molecule has 2 N–H and O–H groups in total. The highest BCUT2D eigenvalue weighted by atomic mass is 19.1. The zero-order chi connectivity index (χ0) is 16.8. The summed E-state index contributed by atoms with van der Waals surface area (Å²) in [7, 11) is 0. The molecule has 0 aromatic carbocycles. The van der Waals surface area contributed by atoms with E-state index >= 15 is 0 Å². The number of urea groups is 1. The molecule has 0 radical (unpaired) electrons. The Morgan fingerprint density at radius 2 is 1.54 bits per heavy atom. The fourth-order valence-electron chi connectivity index (χ4n) is 3.49. The Labute approximate surface area is 141 Å². The summed E-state index contributed by atoms with van der Waals surface area (Å²) in [4.78, 5) is 19.7. The summed E-state index contributed by atoms with van der Waals surface area (Å²) in [5, 5.41) is 6.16. The van der Waals surface area contributed by atoms with Crippen molar-refractivity contribution in [3.8, 4) is 6.01 Å². The highest BCUT2D eigenvalue weighted by Gasteiger charge is 2.25. The number of rotatable bonds is 4. The first-order valence-corrected chi connectivity index (χ1v) is 8.90. The minimum atomic E-state index is -0.473. The molecule has 0 atom stereocenters. The summed E-state index contributed by atoms with van der Waals surface area (Å²) in [6.07, 6.45) is 11.5. The first kappa shape index (κ1) is 16.9. The van der Waals surface area contributed by atoms with Gasteiger partial charge in [0.25, 0.3) is 0 Å². The fourth-order valence-corrected chi connectivity index (χ4v) is 3.49. The average Bonchev–Trinajstić information content (AvgIpc) is 2.59. The number of hydrogen-bond acceptors (Lipinski definition) is 4.